The average Bonchev–Trinajstić information content (AvgIpc) is 3.24. The average molecular weight is 438 g/mol. The summed E-state index contributed by atoms with van der Waals surface area (Å²) in [4.78, 5) is 18.5. The van der Waals surface area contributed by atoms with Crippen LogP contribution >= 0.6 is 11.3 Å². The molecule has 31 heavy (non-hydrogen) atoms. The maximum atomic E-state index is 5.41. The van der Waals surface area contributed by atoms with Crippen molar-refractivity contribution < 1.29 is 4.74 Å². The van der Waals surface area contributed by atoms with Gasteiger partial charge < -0.3 is 19.4 Å². The summed E-state index contributed by atoms with van der Waals surface area (Å²) in [6.07, 6.45) is 2.29. The van der Waals surface area contributed by atoms with E-state index in [1.54, 1.807) is 18.4 Å². The first kappa shape index (κ1) is 20.7. The number of hydrogen-bond acceptors (Lipinski definition) is 7. The summed E-state index contributed by atoms with van der Waals surface area (Å²) >= 11 is 1.74. The van der Waals surface area contributed by atoms with Crippen molar-refractivity contribution in [2.24, 2.45) is 5.92 Å². The predicted octanol–water partition coefficient (Wildman–Crippen LogP) is 3.97. The Bertz CT molecular complexity index is 1010. The van der Waals surface area contributed by atoms with Gasteiger partial charge >= 0.3 is 0 Å². The lowest BCUT2D eigenvalue weighted by Gasteiger charge is -2.35. The summed E-state index contributed by atoms with van der Waals surface area (Å²) in [7, 11) is 3.99. The number of methoxy groups -OCH3 is 1. The Kier molecular flexibility index (Phi) is 6.07. The molecule has 2 fully saturated rings. The minimum atomic E-state index is 0.645. The fourth-order valence-electron chi connectivity index (χ4n) is 4.67. The fourth-order valence-corrected chi connectivity index (χ4v) is 5.60. The second-order valence-corrected chi connectivity index (χ2v) is 9.58. The Morgan fingerprint density at radius 1 is 0.968 bits per heavy atom. The minimum Gasteiger partial charge on any atom is -0.384 e. The molecule has 0 saturated carbocycles. The molecule has 0 spiro atoms. The Morgan fingerprint density at radius 3 is 2.42 bits per heavy atom. The molecule has 0 atom stereocenters. The number of anilines is 2. The normalized spacial score (nSPS) is 18.8. The zero-order valence-electron chi connectivity index (χ0n) is 18.5. The highest BCUT2D eigenvalue weighted by Gasteiger charge is 2.26. The van der Waals surface area contributed by atoms with Crippen LogP contribution < -0.4 is 9.80 Å². The van der Waals surface area contributed by atoms with Gasteiger partial charge in [-0.1, -0.05) is 30.3 Å². The van der Waals surface area contributed by atoms with Crippen molar-refractivity contribution in [3.63, 3.8) is 0 Å². The van der Waals surface area contributed by atoms with Gasteiger partial charge in [0.1, 0.15) is 10.6 Å². The number of likely N-dealkylation sites (N-methyl/N-ethyl adjacent to an activating group) is 1. The number of rotatable bonds is 5. The number of benzene rings is 1. The van der Waals surface area contributed by atoms with Gasteiger partial charge in [-0.05, 0) is 31.4 Å². The highest BCUT2D eigenvalue weighted by Crippen LogP contribution is 2.40. The van der Waals surface area contributed by atoms with Crippen LogP contribution in [0.5, 0.6) is 0 Å². The van der Waals surface area contributed by atoms with Gasteiger partial charge in [0.15, 0.2) is 0 Å². The van der Waals surface area contributed by atoms with Gasteiger partial charge in [-0.3, -0.25) is 0 Å². The number of aromatic nitrogens is 2. The van der Waals surface area contributed by atoms with Crippen LogP contribution in [0.4, 0.5) is 11.8 Å². The van der Waals surface area contributed by atoms with Crippen LogP contribution in [0.3, 0.4) is 0 Å². The number of thiophene rings is 1. The van der Waals surface area contributed by atoms with E-state index >= 15 is 0 Å². The Labute approximate surface area is 188 Å². The van der Waals surface area contributed by atoms with Crippen LogP contribution in [0.15, 0.2) is 35.7 Å². The van der Waals surface area contributed by atoms with E-state index in [0.29, 0.717) is 5.92 Å². The quantitative estimate of drug-likeness (QED) is 0.602. The monoisotopic (exact) mass is 437 g/mol. The SMILES string of the molecule is COCC1CCN(c2nc(N3CCN(C)CC3)nc3scc(-c4ccccc4)c23)CC1. The first-order valence-electron chi connectivity index (χ1n) is 11.2. The van der Waals surface area contributed by atoms with Crippen LogP contribution in [-0.4, -0.2) is 74.9 Å². The number of fused-ring (bicyclic) bond motifs is 1. The zero-order chi connectivity index (χ0) is 21.2. The Morgan fingerprint density at radius 2 is 1.71 bits per heavy atom. The summed E-state index contributed by atoms with van der Waals surface area (Å²) in [5.41, 5.74) is 2.49. The molecule has 0 radical (unpaired) electrons. The molecule has 2 aromatic heterocycles. The summed E-state index contributed by atoms with van der Waals surface area (Å²) in [6.45, 7) is 6.96. The van der Waals surface area contributed by atoms with E-state index in [1.165, 1.54) is 16.5 Å². The number of ether oxygens (including phenoxy) is 1. The van der Waals surface area contributed by atoms with Crippen LogP contribution in [0.2, 0.25) is 0 Å². The van der Waals surface area contributed by atoms with Gasteiger partial charge in [0.25, 0.3) is 0 Å². The summed E-state index contributed by atoms with van der Waals surface area (Å²) in [5.74, 6) is 2.64. The second-order valence-electron chi connectivity index (χ2n) is 8.72. The fraction of sp³-hybridized carbons (Fsp3) is 0.500. The molecular formula is C24H31N5OS. The summed E-state index contributed by atoms with van der Waals surface area (Å²) in [6, 6.07) is 10.7. The largest absolute Gasteiger partial charge is 0.384 e. The van der Waals surface area contributed by atoms with E-state index in [4.69, 9.17) is 14.7 Å². The van der Waals surface area contributed by atoms with Crippen molar-refractivity contribution in [1.82, 2.24) is 14.9 Å². The molecule has 0 bridgehead atoms. The van der Waals surface area contributed by atoms with E-state index in [-0.39, 0.29) is 0 Å². The lowest BCUT2D eigenvalue weighted by Crippen LogP contribution is -2.45. The molecule has 4 heterocycles. The Hall–Kier alpha value is -2.22. The van der Waals surface area contributed by atoms with Gasteiger partial charge in [-0.15, -0.1) is 11.3 Å². The number of piperidine rings is 1. The molecule has 0 amide bonds. The second kappa shape index (κ2) is 9.10. The zero-order valence-corrected chi connectivity index (χ0v) is 19.3. The van der Waals surface area contributed by atoms with E-state index in [2.05, 4.69) is 57.5 Å². The first-order chi connectivity index (χ1) is 15.2. The Balaban J connectivity index is 1.55. The van der Waals surface area contributed by atoms with Gasteiger partial charge in [-0.2, -0.15) is 4.98 Å². The third-order valence-electron chi connectivity index (χ3n) is 6.59. The molecular weight excluding hydrogens is 406 g/mol. The molecule has 0 unspecified atom stereocenters. The van der Waals surface area contributed by atoms with E-state index < -0.39 is 0 Å². The molecule has 1 aromatic carbocycles. The molecule has 6 nitrogen and oxygen atoms in total. The van der Waals surface area contributed by atoms with E-state index in [0.717, 1.165) is 75.3 Å². The van der Waals surface area contributed by atoms with Crippen molar-refractivity contribution in [3.05, 3.63) is 35.7 Å². The third kappa shape index (κ3) is 4.27. The van der Waals surface area contributed by atoms with Gasteiger partial charge in [0.2, 0.25) is 5.95 Å². The standard InChI is InChI=1S/C24H31N5OS/c1-27-12-14-29(15-13-27)24-25-22(28-10-8-18(9-11-28)16-30-2)21-20(17-31-23(21)26-24)19-6-4-3-5-7-19/h3-7,17-18H,8-16H2,1-2H3. The maximum Gasteiger partial charge on any atom is 0.228 e. The minimum absolute atomic E-state index is 0.645. The molecule has 2 aliphatic heterocycles. The lowest BCUT2D eigenvalue weighted by molar-refractivity contribution is 0.139. The van der Waals surface area contributed by atoms with Crippen LogP contribution in [-0.2, 0) is 4.74 Å². The van der Waals surface area contributed by atoms with Crippen molar-refractivity contribution in [1.29, 1.82) is 0 Å². The molecule has 2 aliphatic rings. The van der Waals surface area contributed by atoms with Crippen molar-refractivity contribution >= 4 is 33.3 Å². The molecule has 7 heteroatoms. The maximum absolute atomic E-state index is 5.41. The van der Waals surface area contributed by atoms with Crippen molar-refractivity contribution in [2.75, 3.05) is 69.8 Å². The number of hydrogen-bond donors (Lipinski definition) is 0. The predicted molar refractivity (Wildman–Crippen MR) is 129 cm³/mol. The summed E-state index contributed by atoms with van der Waals surface area (Å²) in [5, 5.41) is 3.46. The van der Waals surface area contributed by atoms with E-state index in [1.807, 2.05) is 0 Å². The molecule has 0 N–H and O–H groups in total. The van der Waals surface area contributed by atoms with Crippen molar-refractivity contribution in [2.45, 2.75) is 12.8 Å². The smallest absolute Gasteiger partial charge is 0.228 e. The van der Waals surface area contributed by atoms with Crippen LogP contribution in [0.25, 0.3) is 21.3 Å². The van der Waals surface area contributed by atoms with Gasteiger partial charge in [-0.25, -0.2) is 4.98 Å². The third-order valence-corrected chi connectivity index (χ3v) is 7.46. The molecule has 0 aliphatic carbocycles. The highest BCUT2D eigenvalue weighted by molar-refractivity contribution is 7.17. The van der Waals surface area contributed by atoms with Crippen molar-refractivity contribution in [3.8, 4) is 11.1 Å². The number of piperazine rings is 1. The van der Waals surface area contributed by atoms with Crippen LogP contribution in [0.1, 0.15) is 12.8 Å². The number of nitrogens with zero attached hydrogens (tertiary/aromatic N) is 5. The van der Waals surface area contributed by atoms with Gasteiger partial charge in [0, 0.05) is 63.9 Å². The molecule has 2 saturated heterocycles. The molecule has 3 aromatic rings. The van der Waals surface area contributed by atoms with Gasteiger partial charge in [0.05, 0.1) is 5.39 Å². The first-order valence-corrected chi connectivity index (χ1v) is 12.1. The highest BCUT2D eigenvalue weighted by atomic mass is 32.1. The topological polar surface area (TPSA) is 44.7 Å². The molecule has 5 rings (SSSR count). The summed E-state index contributed by atoms with van der Waals surface area (Å²) < 4.78 is 5.41. The van der Waals surface area contributed by atoms with Crippen LogP contribution in [0, 0.1) is 5.92 Å². The van der Waals surface area contributed by atoms with E-state index in [9.17, 15) is 0 Å². The molecule has 164 valence electrons. The lowest BCUT2D eigenvalue weighted by atomic mass is 9.97.